The number of hydrogen-bond acceptors (Lipinski definition) is 5. The highest BCUT2D eigenvalue weighted by molar-refractivity contribution is 5.77. The summed E-state index contributed by atoms with van der Waals surface area (Å²) < 4.78 is 10.9. The topological polar surface area (TPSA) is 51.4 Å². The molecule has 0 aliphatic carbocycles. The minimum atomic E-state index is 0.561. The summed E-state index contributed by atoms with van der Waals surface area (Å²) in [6.07, 6.45) is 1.76. The SMILES string of the molecule is COc1ccc2nc(-c3ccc(N(C)C)nc3)oc2c1. The van der Waals surface area contributed by atoms with Crippen molar-refractivity contribution in [2.75, 3.05) is 26.1 Å². The Kier molecular flexibility index (Phi) is 3.02. The van der Waals surface area contributed by atoms with Crippen molar-refractivity contribution in [2.45, 2.75) is 0 Å². The number of methoxy groups -OCH3 is 1. The van der Waals surface area contributed by atoms with Crippen molar-refractivity contribution >= 4 is 16.9 Å². The summed E-state index contributed by atoms with van der Waals surface area (Å²) in [5.74, 6) is 2.21. The second kappa shape index (κ2) is 4.85. The maximum absolute atomic E-state index is 5.75. The van der Waals surface area contributed by atoms with Gasteiger partial charge in [-0.15, -0.1) is 0 Å². The van der Waals surface area contributed by atoms with Gasteiger partial charge in [0.15, 0.2) is 5.58 Å². The summed E-state index contributed by atoms with van der Waals surface area (Å²) in [4.78, 5) is 10.8. The molecule has 20 heavy (non-hydrogen) atoms. The second-order valence-corrected chi connectivity index (χ2v) is 4.65. The van der Waals surface area contributed by atoms with Gasteiger partial charge in [0.1, 0.15) is 17.1 Å². The van der Waals surface area contributed by atoms with Crippen LogP contribution in [0.15, 0.2) is 40.9 Å². The van der Waals surface area contributed by atoms with Crippen molar-refractivity contribution in [3.63, 3.8) is 0 Å². The lowest BCUT2D eigenvalue weighted by Crippen LogP contribution is -2.09. The molecule has 0 atom stereocenters. The Morgan fingerprint density at radius 2 is 2.00 bits per heavy atom. The van der Waals surface area contributed by atoms with Crippen LogP contribution in [-0.4, -0.2) is 31.2 Å². The maximum Gasteiger partial charge on any atom is 0.228 e. The molecule has 2 heterocycles. The lowest BCUT2D eigenvalue weighted by atomic mass is 10.3. The van der Waals surface area contributed by atoms with E-state index in [1.54, 1.807) is 13.3 Å². The fourth-order valence-corrected chi connectivity index (χ4v) is 1.93. The smallest absolute Gasteiger partial charge is 0.228 e. The molecular formula is C15H15N3O2. The van der Waals surface area contributed by atoms with E-state index in [-0.39, 0.29) is 0 Å². The van der Waals surface area contributed by atoms with E-state index in [0.717, 1.165) is 22.6 Å². The molecule has 0 amide bonds. The van der Waals surface area contributed by atoms with E-state index in [0.29, 0.717) is 11.5 Å². The standard InChI is InChI=1S/C15H15N3O2/c1-18(2)14-7-4-10(9-16-14)15-17-12-6-5-11(19-3)8-13(12)20-15/h4-9H,1-3H3. The molecule has 2 aromatic heterocycles. The Morgan fingerprint density at radius 3 is 2.65 bits per heavy atom. The maximum atomic E-state index is 5.75. The van der Waals surface area contributed by atoms with Gasteiger partial charge in [0.05, 0.1) is 12.7 Å². The van der Waals surface area contributed by atoms with E-state index >= 15 is 0 Å². The van der Waals surface area contributed by atoms with Crippen molar-refractivity contribution < 1.29 is 9.15 Å². The third-order valence-electron chi connectivity index (χ3n) is 3.05. The van der Waals surface area contributed by atoms with Crippen LogP contribution in [0.3, 0.4) is 0 Å². The van der Waals surface area contributed by atoms with Gasteiger partial charge < -0.3 is 14.1 Å². The predicted molar refractivity (Wildman–Crippen MR) is 78.1 cm³/mol. The lowest BCUT2D eigenvalue weighted by Gasteiger charge is -2.10. The van der Waals surface area contributed by atoms with Crippen LogP contribution in [0, 0.1) is 0 Å². The van der Waals surface area contributed by atoms with E-state index in [1.165, 1.54) is 0 Å². The van der Waals surface area contributed by atoms with Crippen molar-refractivity contribution in [1.82, 2.24) is 9.97 Å². The first-order chi connectivity index (χ1) is 9.67. The van der Waals surface area contributed by atoms with Gasteiger partial charge in [0.25, 0.3) is 0 Å². The van der Waals surface area contributed by atoms with Crippen molar-refractivity contribution in [3.8, 4) is 17.2 Å². The lowest BCUT2D eigenvalue weighted by molar-refractivity contribution is 0.414. The third-order valence-corrected chi connectivity index (χ3v) is 3.05. The van der Waals surface area contributed by atoms with Crippen LogP contribution < -0.4 is 9.64 Å². The molecule has 102 valence electrons. The summed E-state index contributed by atoms with van der Waals surface area (Å²) in [5.41, 5.74) is 2.36. The van der Waals surface area contributed by atoms with E-state index in [9.17, 15) is 0 Å². The molecule has 3 aromatic rings. The summed E-state index contributed by atoms with van der Waals surface area (Å²) in [6.45, 7) is 0. The Bertz CT molecular complexity index is 732. The summed E-state index contributed by atoms with van der Waals surface area (Å²) in [5, 5.41) is 0. The second-order valence-electron chi connectivity index (χ2n) is 4.65. The van der Waals surface area contributed by atoms with Crippen LogP contribution >= 0.6 is 0 Å². The first-order valence-corrected chi connectivity index (χ1v) is 6.26. The predicted octanol–water partition coefficient (Wildman–Crippen LogP) is 2.96. The fraction of sp³-hybridized carbons (Fsp3) is 0.200. The number of rotatable bonds is 3. The number of oxazole rings is 1. The quantitative estimate of drug-likeness (QED) is 0.731. The number of pyridine rings is 1. The van der Waals surface area contributed by atoms with Gasteiger partial charge in [-0.05, 0) is 24.3 Å². The fourth-order valence-electron chi connectivity index (χ4n) is 1.93. The molecule has 0 spiro atoms. The summed E-state index contributed by atoms with van der Waals surface area (Å²) >= 11 is 0. The van der Waals surface area contributed by atoms with Gasteiger partial charge >= 0.3 is 0 Å². The molecule has 0 unspecified atom stereocenters. The normalized spacial score (nSPS) is 10.8. The number of aromatic nitrogens is 2. The van der Waals surface area contributed by atoms with E-state index in [2.05, 4.69) is 9.97 Å². The van der Waals surface area contributed by atoms with Gasteiger partial charge in [-0.2, -0.15) is 0 Å². The van der Waals surface area contributed by atoms with Crippen molar-refractivity contribution in [2.24, 2.45) is 0 Å². The monoisotopic (exact) mass is 269 g/mol. The number of nitrogens with zero attached hydrogens (tertiary/aromatic N) is 3. The molecule has 0 saturated carbocycles. The average Bonchev–Trinajstić information content (AvgIpc) is 2.90. The molecular weight excluding hydrogens is 254 g/mol. The Labute approximate surface area is 116 Å². The first-order valence-electron chi connectivity index (χ1n) is 6.26. The van der Waals surface area contributed by atoms with Crippen LogP contribution in [0.2, 0.25) is 0 Å². The largest absolute Gasteiger partial charge is 0.497 e. The molecule has 0 radical (unpaired) electrons. The minimum absolute atomic E-state index is 0.561. The Morgan fingerprint density at radius 1 is 1.15 bits per heavy atom. The third kappa shape index (κ3) is 2.18. The van der Waals surface area contributed by atoms with Crippen LogP contribution in [0.25, 0.3) is 22.6 Å². The molecule has 0 aliphatic heterocycles. The molecule has 5 heteroatoms. The number of ether oxygens (including phenoxy) is 1. The summed E-state index contributed by atoms with van der Waals surface area (Å²) in [6, 6.07) is 9.45. The molecule has 0 fully saturated rings. The molecule has 0 saturated heterocycles. The molecule has 0 bridgehead atoms. The van der Waals surface area contributed by atoms with E-state index in [4.69, 9.17) is 9.15 Å². The number of fused-ring (bicyclic) bond motifs is 1. The molecule has 0 aliphatic rings. The number of anilines is 1. The van der Waals surface area contributed by atoms with Crippen molar-refractivity contribution in [3.05, 3.63) is 36.5 Å². The first kappa shape index (κ1) is 12.5. The van der Waals surface area contributed by atoms with Gasteiger partial charge in [0.2, 0.25) is 5.89 Å². The zero-order chi connectivity index (χ0) is 14.1. The summed E-state index contributed by atoms with van der Waals surface area (Å²) in [7, 11) is 5.53. The van der Waals surface area contributed by atoms with Gasteiger partial charge in [-0.3, -0.25) is 0 Å². The number of hydrogen-bond donors (Lipinski definition) is 0. The van der Waals surface area contributed by atoms with Gasteiger partial charge in [0, 0.05) is 26.4 Å². The highest BCUT2D eigenvalue weighted by Crippen LogP contribution is 2.27. The molecule has 3 rings (SSSR count). The molecule has 0 N–H and O–H groups in total. The number of benzene rings is 1. The minimum Gasteiger partial charge on any atom is -0.497 e. The van der Waals surface area contributed by atoms with Gasteiger partial charge in [-0.25, -0.2) is 9.97 Å². The van der Waals surface area contributed by atoms with Crippen LogP contribution in [0.1, 0.15) is 0 Å². The Balaban J connectivity index is 2.01. The highest BCUT2D eigenvalue weighted by Gasteiger charge is 2.09. The van der Waals surface area contributed by atoms with Crippen LogP contribution in [0.4, 0.5) is 5.82 Å². The van der Waals surface area contributed by atoms with Crippen LogP contribution in [-0.2, 0) is 0 Å². The van der Waals surface area contributed by atoms with E-state index < -0.39 is 0 Å². The molecule has 5 nitrogen and oxygen atoms in total. The Hall–Kier alpha value is -2.56. The van der Waals surface area contributed by atoms with Crippen molar-refractivity contribution in [1.29, 1.82) is 0 Å². The van der Waals surface area contributed by atoms with Crippen LogP contribution in [0.5, 0.6) is 5.75 Å². The highest BCUT2D eigenvalue weighted by atomic mass is 16.5. The van der Waals surface area contributed by atoms with Gasteiger partial charge in [-0.1, -0.05) is 0 Å². The molecule has 1 aromatic carbocycles. The zero-order valence-electron chi connectivity index (χ0n) is 11.6. The zero-order valence-corrected chi connectivity index (χ0v) is 11.6. The average molecular weight is 269 g/mol. The van der Waals surface area contributed by atoms with E-state index in [1.807, 2.05) is 49.3 Å².